The van der Waals surface area contributed by atoms with E-state index in [0.717, 1.165) is 12.8 Å². The van der Waals surface area contributed by atoms with E-state index < -0.39 is 6.86 Å². The average molecular weight is 148 g/mol. The van der Waals surface area contributed by atoms with Crippen LogP contribution in [0.4, 0.5) is 4.39 Å². The smallest absolute Gasteiger partial charge is 0.188 e. The van der Waals surface area contributed by atoms with Gasteiger partial charge in [0.15, 0.2) is 6.86 Å². The van der Waals surface area contributed by atoms with Gasteiger partial charge in [-0.25, -0.2) is 4.39 Å². The molecule has 0 aromatic carbocycles. The zero-order valence-electron chi connectivity index (χ0n) is 7.06. The Morgan fingerprint density at radius 3 is 2.30 bits per heavy atom. The van der Waals surface area contributed by atoms with Gasteiger partial charge in [-0.15, -0.1) is 0 Å². The van der Waals surface area contributed by atoms with Crippen LogP contribution in [0.15, 0.2) is 0 Å². The van der Waals surface area contributed by atoms with Crippen LogP contribution in [-0.4, -0.2) is 13.0 Å². The minimum atomic E-state index is -0.648. The van der Waals surface area contributed by atoms with Crippen molar-refractivity contribution in [1.82, 2.24) is 0 Å². The molecule has 0 aromatic heterocycles. The molecule has 0 aliphatic rings. The van der Waals surface area contributed by atoms with Crippen LogP contribution < -0.4 is 0 Å². The number of alkyl halides is 1. The van der Waals surface area contributed by atoms with E-state index in [1.54, 1.807) is 0 Å². The molecule has 1 atom stereocenters. The van der Waals surface area contributed by atoms with Crippen LogP contribution in [0.5, 0.6) is 0 Å². The quantitative estimate of drug-likeness (QED) is 0.582. The van der Waals surface area contributed by atoms with Gasteiger partial charge in [-0.2, -0.15) is 0 Å². The Labute approximate surface area is 62.6 Å². The molecule has 0 saturated carbocycles. The minimum absolute atomic E-state index is 0.116. The molecule has 0 aliphatic carbocycles. The van der Waals surface area contributed by atoms with E-state index >= 15 is 0 Å². The molecule has 0 fully saturated rings. The number of rotatable bonds is 5. The third-order valence-electron chi connectivity index (χ3n) is 1.49. The molecule has 0 radical (unpaired) electrons. The molecule has 0 saturated heterocycles. The molecular formula is C8H17FO. The van der Waals surface area contributed by atoms with E-state index in [1.807, 2.05) is 6.92 Å². The summed E-state index contributed by atoms with van der Waals surface area (Å²) in [6.45, 7) is 5.60. The van der Waals surface area contributed by atoms with Gasteiger partial charge in [-0.3, -0.25) is 0 Å². The highest BCUT2D eigenvalue weighted by molar-refractivity contribution is 4.57. The lowest BCUT2D eigenvalue weighted by Gasteiger charge is -2.15. The van der Waals surface area contributed by atoms with E-state index in [0.29, 0.717) is 5.92 Å². The number of hydrogen-bond acceptors (Lipinski definition) is 1. The first-order valence-corrected chi connectivity index (χ1v) is 3.88. The van der Waals surface area contributed by atoms with Crippen molar-refractivity contribution in [2.24, 2.45) is 5.92 Å². The molecule has 0 aliphatic heterocycles. The molecule has 0 amide bonds. The number of ether oxygens (including phenoxy) is 1. The first-order chi connectivity index (χ1) is 4.70. The first kappa shape index (κ1) is 9.89. The maximum Gasteiger partial charge on any atom is 0.188 e. The normalized spacial score (nSPS) is 14.1. The summed E-state index contributed by atoms with van der Waals surface area (Å²) in [5.41, 5.74) is 0. The highest BCUT2D eigenvalue weighted by Gasteiger charge is 2.07. The Kier molecular flexibility index (Phi) is 5.60. The Hall–Kier alpha value is -0.110. The van der Waals surface area contributed by atoms with Crippen molar-refractivity contribution in [3.05, 3.63) is 0 Å². The molecule has 0 N–H and O–H groups in total. The molecule has 1 nitrogen and oxygen atoms in total. The second kappa shape index (κ2) is 5.66. The van der Waals surface area contributed by atoms with Gasteiger partial charge in [0.25, 0.3) is 0 Å². The van der Waals surface area contributed by atoms with Gasteiger partial charge >= 0.3 is 0 Å². The average Bonchev–Trinajstić information content (AvgIpc) is 1.86. The molecular weight excluding hydrogens is 131 g/mol. The van der Waals surface area contributed by atoms with E-state index in [2.05, 4.69) is 13.8 Å². The maximum atomic E-state index is 11.7. The Morgan fingerprint density at radius 2 is 2.00 bits per heavy atom. The van der Waals surface area contributed by atoms with Gasteiger partial charge in [0.2, 0.25) is 0 Å². The SMILES string of the molecule is CC[C@H](CC(C)C)OCF. The highest BCUT2D eigenvalue weighted by Crippen LogP contribution is 2.10. The van der Waals surface area contributed by atoms with E-state index in [-0.39, 0.29) is 6.10 Å². The van der Waals surface area contributed by atoms with Crippen molar-refractivity contribution in [3.63, 3.8) is 0 Å². The monoisotopic (exact) mass is 148 g/mol. The third-order valence-corrected chi connectivity index (χ3v) is 1.49. The maximum absolute atomic E-state index is 11.7. The van der Waals surface area contributed by atoms with E-state index in [1.165, 1.54) is 0 Å². The summed E-state index contributed by atoms with van der Waals surface area (Å²) in [4.78, 5) is 0. The first-order valence-electron chi connectivity index (χ1n) is 3.88. The highest BCUT2D eigenvalue weighted by atomic mass is 19.1. The summed E-state index contributed by atoms with van der Waals surface area (Å²) in [5, 5.41) is 0. The lowest BCUT2D eigenvalue weighted by Crippen LogP contribution is -2.13. The van der Waals surface area contributed by atoms with Crippen LogP contribution in [0.25, 0.3) is 0 Å². The van der Waals surface area contributed by atoms with Gasteiger partial charge < -0.3 is 4.74 Å². The Morgan fingerprint density at radius 1 is 1.40 bits per heavy atom. The number of halogens is 1. The fraction of sp³-hybridized carbons (Fsp3) is 1.00. The van der Waals surface area contributed by atoms with Crippen molar-refractivity contribution in [3.8, 4) is 0 Å². The van der Waals surface area contributed by atoms with Crippen LogP contribution in [0.3, 0.4) is 0 Å². The zero-order chi connectivity index (χ0) is 7.98. The Bertz CT molecular complexity index is 73.7. The van der Waals surface area contributed by atoms with Crippen molar-refractivity contribution >= 4 is 0 Å². The molecule has 0 rings (SSSR count). The van der Waals surface area contributed by atoms with Crippen LogP contribution in [-0.2, 0) is 4.74 Å². The van der Waals surface area contributed by atoms with E-state index in [4.69, 9.17) is 4.74 Å². The molecule has 0 spiro atoms. The summed E-state index contributed by atoms with van der Waals surface area (Å²) >= 11 is 0. The second-order valence-electron chi connectivity index (χ2n) is 2.94. The fourth-order valence-electron chi connectivity index (χ4n) is 0.967. The second-order valence-corrected chi connectivity index (χ2v) is 2.94. The molecule has 0 heterocycles. The van der Waals surface area contributed by atoms with E-state index in [9.17, 15) is 4.39 Å². The molecule has 10 heavy (non-hydrogen) atoms. The van der Waals surface area contributed by atoms with Crippen LogP contribution in [0.2, 0.25) is 0 Å². The lowest BCUT2D eigenvalue weighted by atomic mass is 10.0. The summed E-state index contributed by atoms with van der Waals surface area (Å²) < 4.78 is 16.5. The molecule has 0 bridgehead atoms. The predicted molar refractivity (Wildman–Crippen MR) is 40.6 cm³/mol. The summed E-state index contributed by atoms with van der Waals surface area (Å²) in [6.07, 6.45) is 1.98. The van der Waals surface area contributed by atoms with Crippen molar-refractivity contribution in [2.75, 3.05) is 6.86 Å². The van der Waals surface area contributed by atoms with Crippen molar-refractivity contribution < 1.29 is 9.13 Å². The summed E-state index contributed by atoms with van der Waals surface area (Å²) in [7, 11) is 0. The third kappa shape index (κ3) is 4.74. The van der Waals surface area contributed by atoms with Gasteiger partial charge in [0, 0.05) is 0 Å². The van der Waals surface area contributed by atoms with Crippen molar-refractivity contribution in [1.29, 1.82) is 0 Å². The molecule has 62 valence electrons. The van der Waals surface area contributed by atoms with Gasteiger partial charge in [-0.05, 0) is 18.8 Å². The topological polar surface area (TPSA) is 9.23 Å². The largest absolute Gasteiger partial charge is 0.347 e. The van der Waals surface area contributed by atoms with Gasteiger partial charge in [-0.1, -0.05) is 20.8 Å². The molecule has 0 unspecified atom stereocenters. The van der Waals surface area contributed by atoms with Crippen LogP contribution in [0.1, 0.15) is 33.6 Å². The van der Waals surface area contributed by atoms with Gasteiger partial charge in [0.05, 0.1) is 6.10 Å². The van der Waals surface area contributed by atoms with Gasteiger partial charge in [0.1, 0.15) is 0 Å². The van der Waals surface area contributed by atoms with Crippen molar-refractivity contribution in [2.45, 2.75) is 39.7 Å². The molecule has 0 aromatic rings. The summed E-state index contributed by atoms with van der Waals surface area (Å²) in [5.74, 6) is 0.594. The van der Waals surface area contributed by atoms with Crippen LogP contribution >= 0.6 is 0 Å². The lowest BCUT2D eigenvalue weighted by molar-refractivity contribution is -0.0156. The summed E-state index contributed by atoms with van der Waals surface area (Å²) in [6, 6.07) is 0. The van der Waals surface area contributed by atoms with Crippen LogP contribution in [0, 0.1) is 5.92 Å². The Balaban J connectivity index is 3.39. The zero-order valence-corrected chi connectivity index (χ0v) is 7.06. The standard InChI is InChI=1S/C8H17FO/c1-4-8(10-6-9)5-7(2)3/h7-8H,4-6H2,1-3H3/t8-/m1/s1. The molecule has 2 heteroatoms. The number of hydrogen-bond donors (Lipinski definition) is 0. The predicted octanol–water partition coefficient (Wildman–Crippen LogP) is 2.75. The fourth-order valence-corrected chi connectivity index (χ4v) is 0.967. The minimum Gasteiger partial charge on any atom is -0.347 e.